The molecule has 0 spiro atoms. The van der Waals surface area contributed by atoms with Gasteiger partial charge < -0.3 is 14.8 Å². The number of para-hydroxylation sites is 2. The molecule has 1 heterocycles. The highest BCUT2D eigenvalue weighted by atomic mass is 32.1. The van der Waals surface area contributed by atoms with Gasteiger partial charge in [0.2, 0.25) is 5.91 Å². The van der Waals surface area contributed by atoms with E-state index in [9.17, 15) is 9.18 Å². The second-order valence-corrected chi connectivity index (χ2v) is 6.80. The Morgan fingerprint density at radius 3 is 2.48 bits per heavy atom. The van der Waals surface area contributed by atoms with Crippen LogP contribution in [-0.2, 0) is 4.79 Å². The van der Waals surface area contributed by atoms with Crippen LogP contribution in [0, 0.1) is 5.82 Å². The molecule has 1 unspecified atom stereocenters. The molecule has 1 atom stereocenters. The average Bonchev–Trinajstić information content (AvgIpc) is 3.22. The number of hydrogen-bond donors (Lipinski definition) is 1. The van der Waals surface area contributed by atoms with Gasteiger partial charge in [-0.3, -0.25) is 4.79 Å². The van der Waals surface area contributed by atoms with E-state index >= 15 is 0 Å². The number of benzene rings is 2. The molecule has 0 fully saturated rings. The largest absolute Gasteiger partial charge is 0.493 e. The molecule has 27 heavy (non-hydrogen) atoms. The standard InChI is InChI=1S/C21H20FNO3S/c1-25-17-5-2-3-6-18(17)26-13-12-20(24)23-21(19-7-4-14-27-19)15-8-10-16(22)11-9-15/h2-11,14,21H,12-13H2,1H3,(H,23,24). The van der Waals surface area contributed by atoms with Crippen LogP contribution in [-0.4, -0.2) is 19.6 Å². The molecule has 1 amide bonds. The number of hydrogen-bond acceptors (Lipinski definition) is 4. The summed E-state index contributed by atoms with van der Waals surface area (Å²) in [6.07, 6.45) is 0.196. The van der Waals surface area contributed by atoms with Crippen molar-refractivity contribution in [1.29, 1.82) is 0 Å². The minimum atomic E-state index is -0.315. The number of carbonyl (C=O) groups is 1. The van der Waals surface area contributed by atoms with Crippen molar-refractivity contribution in [3.8, 4) is 11.5 Å². The van der Waals surface area contributed by atoms with E-state index in [0.717, 1.165) is 10.4 Å². The summed E-state index contributed by atoms with van der Waals surface area (Å²) in [6.45, 7) is 0.229. The fourth-order valence-corrected chi connectivity index (χ4v) is 3.46. The van der Waals surface area contributed by atoms with Crippen LogP contribution in [0.4, 0.5) is 4.39 Å². The maximum absolute atomic E-state index is 13.2. The molecule has 0 aliphatic heterocycles. The third kappa shape index (κ3) is 5.08. The third-order valence-electron chi connectivity index (χ3n) is 3.99. The Bertz CT molecular complexity index is 865. The molecule has 0 radical (unpaired) electrons. The highest BCUT2D eigenvalue weighted by Crippen LogP contribution is 2.27. The smallest absolute Gasteiger partial charge is 0.224 e. The lowest BCUT2D eigenvalue weighted by molar-refractivity contribution is -0.122. The number of amides is 1. The summed E-state index contributed by atoms with van der Waals surface area (Å²) in [7, 11) is 1.57. The quantitative estimate of drug-likeness (QED) is 0.618. The van der Waals surface area contributed by atoms with Crippen molar-refractivity contribution in [1.82, 2.24) is 5.32 Å². The second kappa shape index (κ2) is 9.19. The first kappa shape index (κ1) is 18.9. The monoisotopic (exact) mass is 385 g/mol. The van der Waals surface area contributed by atoms with Crippen molar-refractivity contribution < 1.29 is 18.7 Å². The van der Waals surface area contributed by atoms with Crippen molar-refractivity contribution in [2.24, 2.45) is 0 Å². The molecule has 0 aliphatic carbocycles. The van der Waals surface area contributed by atoms with Crippen molar-refractivity contribution in [2.45, 2.75) is 12.5 Å². The zero-order chi connectivity index (χ0) is 19.1. The maximum atomic E-state index is 13.2. The predicted molar refractivity (Wildman–Crippen MR) is 104 cm³/mol. The SMILES string of the molecule is COc1ccccc1OCCC(=O)NC(c1ccc(F)cc1)c1cccs1. The van der Waals surface area contributed by atoms with Crippen LogP contribution in [0.1, 0.15) is 22.9 Å². The van der Waals surface area contributed by atoms with Gasteiger partial charge in [0, 0.05) is 4.88 Å². The molecular formula is C21H20FNO3S. The Morgan fingerprint density at radius 1 is 1.07 bits per heavy atom. The molecule has 0 saturated heterocycles. The van der Waals surface area contributed by atoms with Crippen LogP contribution in [0.15, 0.2) is 66.0 Å². The van der Waals surface area contributed by atoms with E-state index in [1.54, 1.807) is 42.7 Å². The Hall–Kier alpha value is -2.86. The molecule has 1 aromatic heterocycles. The summed E-state index contributed by atoms with van der Waals surface area (Å²) in [5.74, 6) is 0.773. The minimum absolute atomic E-state index is 0.146. The first-order valence-corrected chi connectivity index (χ1v) is 9.39. The number of ether oxygens (including phenoxy) is 2. The molecule has 0 bridgehead atoms. The molecule has 0 aliphatic rings. The van der Waals surface area contributed by atoms with Crippen LogP contribution in [0.25, 0.3) is 0 Å². The number of carbonyl (C=O) groups excluding carboxylic acids is 1. The first-order valence-electron chi connectivity index (χ1n) is 8.51. The molecule has 3 aromatic rings. The minimum Gasteiger partial charge on any atom is -0.493 e. The third-order valence-corrected chi connectivity index (χ3v) is 4.93. The summed E-state index contributed by atoms with van der Waals surface area (Å²) in [4.78, 5) is 13.4. The molecule has 140 valence electrons. The summed E-state index contributed by atoms with van der Waals surface area (Å²) >= 11 is 1.54. The Morgan fingerprint density at radius 2 is 1.81 bits per heavy atom. The summed E-state index contributed by atoms with van der Waals surface area (Å²) in [5.41, 5.74) is 0.831. The Balaban J connectivity index is 1.62. The number of nitrogens with one attached hydrogen (secondary N) is 1. The van der Waals surface area contributed by atoms with Crippen molar-refractivity contribution >= 4 is 17.2 Å². The second-order valence-electron chi connectivity index (χ2n) is 5.82. The van der Waals surface area contributed by atoms with Crippen LogP contribution in [0.5, 0.6) is 11.5 Å². The van der Waals surface area contributed by atoms with E-state index in [4.69, 9.17) is 9.47 Å². The summed E-state index contributed by atoms with van der Waals surface area (Å²) in [6, 6.07) is 17.0. The Kier molecular flexibility index (Phi) is 6.44. The normalized spacial score (nSPS) is 11.6. The van der Waals surface area contributed by atoms with Crippen LogP contribution in [0.3, 0.4) is 0 Å². The van der Waals surface area contributed by atoms with Crippen LogP contribution < -0.4 is 14.8 Å². The van der Waals surface area contributed by atoms with E-state index in [1.165, 1.54) is 12.1 Å². The van der Waals surface area contributed by atoms with Gasteiger partial charge in [0.15, 0.2) is 11.5 Å². The van der Waals surface area contributed by atoms with Crippen molar-refractivity contribution in [2.75, 3.05) is 13.7 Å². The molecule has 2 aromatic carbocycles. The van der Waals surface area contributed by atoms with Gasteiger partial charge in [-0.25, -0.2) is 4.39 Å². The molecule has 1 N–H and O–H groups in total. The van der Waals surface area contributed by atoms with E-state index < -0.39 is 0 Å². The molecule has 6 heteroatoms. The average molecular weight is 385 g/mol. The van der Waals surface area contributed by atoms with Crippen LogP contribution in [0.2, 0.25) is 0 Å². The van der Waals surface area contributed by atoms with E-state index in [-0.39, 0.29) is 30.8 Å². The van der Waals surface area contributed by atoms with Crippen LogP contribution >= 0.6 is 11.3 Å². The van der Waals surface area contributed by atoms with Gasteiger partial charge in [0.1, 0.15) is 5.82 Å². The molecule has 3 rings (SSSR count). The number of halogens is 1. The maximum Gasteiger partial charge on any atom is 0.224 e. The lowest BCUT2D eigenvalue weighted by atomic mass is 10.1. The molecule has 0 saturated carbocycles. The van der Waals surface area contributed by atoms with E-state index in [0.29, 0.717) is 11.5 Å². The van der Waals surface area contributed by atoms with E-state index in [1.807, 2.05) is 29.6 Å². The van der Waals surface area contributed by atoms with Gasteiger partial charge in [-0.2, -0.15) is 0 Å². The first-order chi connectivity index (χ1) is 13.2. The van der Waals surface area contributed by atoms with E-state index in [2.05, 4.69) is 5.32 Å². The zero-order valence-electron chi connectivity index (χ0n) is 14.9. The fraction of sp³-hybridized carbons (Fsp3) is 0.190. The number of thiophene rings is 1. The number of methoxy groups -OCH3 is 1. The predicted octanol–water partition coefficient (Wildman–Crippen LogP) is 4.57. The van der Waals surface area contributed by atoms with Gasteiger partial charge >= 0.3 is 0 Å². The van der Waals surface area contributed by atoms with Gasteiger partial charge in [0.05, 0.1) is 26.2 Å². The topological polar surface area (TPSA) is 47.6 Å². The van der Waals surface area contributed by atoms with Gasteiger partial charge in [-0.05, 0) is 41.3 Å². The molecule has 4 nitrogen and oxygen atoms in total. The number of rotatable bonds is 8. The van der Waals surface area contributed by atoms with Crippen molar-refractivity contribution in [3.63, 3.8) is 0 Å². The fourth-order valence-electron chi connectivity index (χ4n) is 2.65. The van der Waals surface area contributed by atoms with Crippen molar-refractivity contribution in [3.05, 3.63) is 82.3 Å². The highest BCUT2D eigenvalue weighted by Gasteiger charge is 2.18. The summed E-state index contributed by atoms with van der Waals surface area (Å²) in [5, 5.41) is 4.96. The van der Waals surface area contributed by atoms with Gasteiger partial charge in [-0.1, -0.05) is 30.3 Å². The zero-order valence-corrected chi connectivity index (χ0v) is 15.7. The highest BCUT2D eigenvalue weighted by molar-refractivity contribution is 7.10. The lowest BCUT2D eigenvalue weighted by Crippen LogP contribution is -2.29. The summed E-state index contributed by atoms with van der Waals surface area (Å²) < 4.78 is 24.1. The Labute approximate surface area is 161 Å². The molecular weight excluding hydrogens is 365 g/mol. The lowest BCUT2D eigenvalue weighted by Gasteiger charge is -2.18. The van der Waals surface area contributed by atoms with Gasteiger partial charge in [-0.15, -0.1) is 11.3 Å². The van der Waals surface area contributed by atoms with Gasteiger partial charge in [0.25, 0.3) is 0 Å².